The normalized spacial score (nSPS) is 9.62. The molecule has 86 valence electrons. The maximum absolute atomic E-state index is 3.79. The molecule has 1 rings (SSSR count). The van der Waals surface area contributed by atoms with Crippen molar-refractivity contribution in [3.8, 4) is 0 Å². The molecule has 1 aromatic rings. The van der Waals surface area contributed by atoms with Crippen LogP contribution >= 0.6 is 0 Å². The van der Waals surface area contributed by atoms with Gasteiger partial charge in [-0.2, -0.15) is 0 Å². The van der Waals surface area contributed by atoms with Gasteiger partial charge in [-0.25, -0.2) is 0 Å². The first-order valence-corrected chi connectivity index (χ1v) is 5.43. The summed E-state index contributed by atoms with van der Waals surface area (Å²) >= 11 is 0. The molecular weight excluding hydrogens is 196 g/mol. The Bertz CT molecular complexity index is 346. The Morgan fingerprint density at radius 3 is 1.94 bits per heavy atom. The van der Waals surface area contributed by atoms with Gasteiger partial charge >= 0.3 is 0 Å². The molecule has 0 saturated carbocycles. The molecule has 0 aliphatic rings. The lowest BCUT2D eigenvalue weighted by Crippen LogP contribution is -2.25. The first-order valence-electron chi connectivity index (χ1n) is 5.43. The number of benzene rings is 1. The molecule has 0 fully saturated rings. The first-order chi connectivity index (χ1) is 7.70. The number of hydrogen-bond acceptors (Lipinski definition) is 2. The van der Waals surface area contributed by atoms with Gasteiger partial charge in [-0.05, 0) is 12.1 Å². The van der Waals surface area contributed by atoms with Crippen molar-refractivity contribution in [2.24, 2.45) is 0 Å². The zero-order valence-corrected chi connectivity index (χ0v) is 10.2. The van der Waals surface area contributed by atoms with Crippen molar-refractivity contribution in [1.29, 1.82) is 0 Å². The highest BCUT2D eigenvalue weighted by Crippen LogP contribution is 2.27. The maximum Gasteiger partial charge on any atom is 0.0609 e. The van der Waals surface area contributed by atoms with Crippen molar-refractivity contribution in [1.82, 2.24) is 0 Å². The third-order valence-electron chi connectivity index (χ3n) is 2.40. The van der Waals surface area contributed by atoms with Crippen LogP contribution in [0.15, 0.2) is 49.6 Å². The smallest absolute Gasteiger partial charge is 0.0609 e. The number of para-hydroxylation sites is 2. The molecule has 2 heteroatoms. The van der Waals surface area contributed by atoms with Crippen molar-refractivity contribution in [3.05, 3.63) is 49.6 Å². The van der Waals surface area contributed by atoms with Gasteiger partial charge in [0, 0.05) is 27.2 Å². The topological polar surface area (TPSA) is 6.48 Å². The van der Waals surface area contributed by atoms with E-state index in [4.69, 9.17) is 0 Å². The van der Waals surface area contributed by atoms with E-state index in [9.17, 15) is 0 Å². The van der Waals surface area contributed by atoms with E-state index >= 15 is 0 Å². The van der Waals surface area contributed by atoms with Gasteiger partial charge in [0.05, 0.1) is 11.4 Å². The third kappa shape index (κ3) is 2.89. The fourth-order valence-corrected chi connectivity index (χ4v) is 1.69. The average molecular weight is 216 g/mol. The summed E-state index contributed by atoms with van der Waals surface area (Å²) in [4.78, 5) is 4.36. The van der Waals surface area contributed by atoms with E-state index < -0.39 is 0 Å². The van der Waals surface area contributed by atoms with Gasteiger partial charge in [-0.15, -0.1) is 13.2 Å². The van der Waals surface area contributed by atoms with Crippen LogP contribution < -0.4 is 9.80 Å². The minimum atomic E-state index is 0.830. The Morgan fingerprint density at radius 1 is 1.00 bits per heavy atom. The fraction of sp³-hybridized carbons (Fsp3) is 0.286. The molecule has 0 N–H and O–H groups in total. The fourth-order valence-electron chi connectivity index (χ4n) is 1.69. The summed E-state index contributed by atoms with van der Waals surface area (Å²) in [6.07, 6.45) is 3.83. The second-order valence-electron chi connectivity index (χ2n) is 3.87. The van der Waals surface area contributed by atoms with E-state index in [2.05, 4.69) is 61.3 Å². The van der Waals surface area contributed by atoms with Crippen LogP contribution in [-0.2, 0) is 0 Å². The highest BCUT2D eigenvalue weighted by atomic mass is 15.2. The molecule has 0 aliphatic heterocycles. The molecule has 0 unspecified atom stereocenters. The van der Waals surface area contributed by atoms with E-state index in [1.54, 1.807) is 0 Å². The molecule has 0 aromatic heterocycles. The zero-order chi connectivity index (χ0) is 12.0. The molecule has 0 aliphatic carbocycles. The lowest BCUT2D eigenvalue weighted by atomic mass is 10.2. The Balaban J connectivity index is 3.06. The first kappa shape index (κ1) is 12.4. The van der Waals surface area contributed by atoms with E-state index in [1.807, 2.05) is 12.2 Å². The lowest BCUT2D eigenvalue weighted by molar-refractivity contribution is 0.948. The molecule has 0 bridgehead atoms. The minimum Gasteiger partial charge on any atom is -0.376 e. The van der Waals surface area contributed by atoms with Gasteiger partial charge in [0.1, 0.15) is 0 Å². The molecule has 0 saturated heterocycles. The van der Waals surface area contributed by atoms with Gasteiger partial charge in [0.2, 0.25) is 0 Å². The van der Waals surface area contributed by atoms with Gasteiger partial charge in [-0.3, -0.25) is 0 Å². The summed E-state index contributed by atoms with van der Waals surface area (Å²) in [5.74, 6) is 0. The number of hydrogen-bond donors (Lipinski definition) is 0. The van der Waals surface area contributed by atoms with Crippen molar-refractivity contribution in [3.63, 3.8) is 0 Å². The summed E-state index contributed by atoms with van der Waals surface area (Å²) in [7, 11) is 4.11. The number of anilines is 2. The van der Waals surface area contributed by atoms with Crippen LogP contribution in [0.1, 0.15) is 0 Å². The van der Waals surface area contributed by atoms with Crippen LogP contribution in [0.25, 0.3) is 0 Å². The van der Waals surface area contributed by atoms with Crippen LogP contribution in [0.2, 0.25) is 0 Å². The molecule has 0 amide bonds. The number of rotatable bonds is 6. The highest BCUT2D eigenvalue weighted by molar-refractivity contribution is 5.71. The predicted molar refractivity (Wildman–Crippen MR) is 73.4 cm³/mol. The minimum absolute atomic E-state index is 0.830. The summed E-state index contributed by atoms with van der Waals surface area (Å²) < 4.78 is 0. The Hall–Kier alpha value is -1.70. The molecular formula is C14H20N2. The van der Waals surface area contributed by atoms with Crippen molar-refractivity contribution >= 4 is 11.4 Å². The van der Waals surface area contributed by atoms with Gasteiger partial charge in [0.25, 0.3) is 0 Å². The highest BCUT2D eigenvalue weighted by Gasteiger charge is 2.09. The Labute approximate surface area is 98.5 Å². The molecule has 16 heavy (non-hydrogen) atoms. The predicted octanol–water partition coefficient (Wildman–Crippen LogP) is 2.93. The SMILES string of the molecule is C=CCN(CC=C)c1ccccc1N(C)C. The monoisotopic (exact) mass is 216 g/mol. The maximum atomic E-state index is 3.79. The molecule has 0 heterocycles. The number of nitrogens with zero attached hydrogens (tertiary/aromatic N) is 2. The molecule has 2 nitrogen and oxygen atoms in total. The Morgan fingerprint density at radius 2 is 1.50 bits per heavy atom. The standard InChI is InChI=1S/C14H20N2/c1-5-11-16(12-6-2)14-10-8-7-9-13(14)15(3)4/h5-10H,1-2,11-12H2,3-4H3. The second-order valence-corrected chi connectivity index (χ2v) is 3.87. The third-order valence-corrected chi connectivity index (χ3v) is 2.40. The van der Waals surface area contributed by atoms with Crippen LogP contribution in [0, 0.1) is 0 Å². The van der Waals surface area contributed by atoms with Crippen LogP contribution in [0.3, 0.4) is 0 Å². The van der Waals surface area contributed by atoms with E-state index in [-0.39, 0.29) is 0 Å². The van der Waals surface area contributed by atoms with Crippen molar-refractivity contribution in [2.75, 3.05) is 37.0 Å². The average Bonchev–Trinajstić information content (AvgIpc) is 2.29. The van der Waals surface area contributed by atoms with Crippen molar-refractivity contribution < 1.29 is 0 Å². The van der Waals surface area contributed by atoms with E-state index in [1.165, 1.54) is 11.4 Å². The van der Waals surface area contributed by atoms with Crippen LogP contribution in [0.5, 0.6) is 0 Å². The quantitative estimate of drug-likeness (QED) is 0.675. The summed E-state index contributed by atoms with van der Waals surface area (Å²) in [5, 5.41) is 0. The van der Waals surface area contributed by atoms with Gasteiger partial charge in [-0.1, -0.05) is 24.3 Å². The van der Waals surface area contributed by atoms with Gasteiger partial charge in [0.15, 0.2) is 0 Å². The molecule has 1 aromatic carbocycles. The van der Waals surface area contributed by atoms with E-state index in [0.29, 0.717) is 0 Å². The summed E-state index contributed by atoms with van der Waals surface area (Å²) in [5.41, 5.74) is 2.43. The lowest BCUT2D eigenvalue weighted by Gasteiger charge is -2.27. The van der Waals surface area contributed by atoms with Crippen LogP contribution in [0.4, 0.5) is 11.4 Å². The summed E-state index contributed by atoms with van der Waals surface area (Å²) in [6, 6.07) is 8.36. The zero-order valence-electron chi connectivity index (χ0n) is 10.2. The molecule has 0 atom stereocenters. The van der Waals surface area contributed by atoms with Gasteiger partial charge < -0.3 is 9.80 Å². The molecule has 0 radical (unpaired) electrons. The largest absolute Gasteiger partial charge is 0.376 e. The molecule has 0 spiro atoms. The van der Waals surface area contributed by atoms with E-state index in [0.717, 1.165) is 13.1 Å². The second kappa shape index (κ2) is 6.01. The van der Waals surface area contributed by atoms with Crippen LogP contribution in [-0.4, -0.2) is 27.2 Å². The van der Waals surface area contributed by atoms with Crippen molar-refractivity contribution in [2.45, 2.75) is 0 Å². The summed E-state index contributed by atoms with van der Waals surface area (Å²) in [6.45, 7) is 9.25. The Kier molecular flexibility index (Phi) is 4.65.